The van der Waals surface area contributed by atoms with Gasteiger partial charge in [0.1, 0.15) is 5.75 Å². The van der Waals surface area contributed by atoms with Crippen molar-refractivity contribution in [1.29, 1.82) is 0 Å². The number of nitrogens with one attached hydrogen (secondary N) is 1. The number of anilines is 1. The van der Waals surface area contributed by atoms with Gasteiger partial charge in [0.25, 0.3) is 0 Å². The predicted octanol–water partition coefficient (Wildman–Crippen LogP) is 3.19. The molecule has 6 nitrogen and oxygen atoms in total. The van der Waals surface area contributed by atoms with Gasteiger partial charge in [-0.05, 0) is 37.8 Å². The average Bonchev–Trinajstić information content (AvgIpc) is 3.02. The van der Waals surface area contributed by atoms with Crippen molar-refractivity contribution in [2.45, 2.75) is 38.7 Å². The number of carboxylic acid groups (broad SMARTS) is 1. The standard InChI is InChI=1S/C17H24N2O4/c1-12(16(20)21)11-19(2)17(22)18-14-9-5-6-10-15(14)23-13-7-3-4-8-13/h5-6,9-10,12-13H,3-4,7-8,11H2,1-2H3,(H,18,22)(H,20,21). The maximum absolute atomic E-state index is 12.2. The van der Waals surface area contributed by atoms with E-state index >= 15 is 0 Å². The molecule has 2 N–H and O–H groups in total. The monoisotopic (exact) mass is 320 g/mol. The van der Waals surface area contributed by atoms with Crippen molar-refractivity contribution in [3.05, 3.63) is 24.3 Å². The fourth-order valence-corrected chi connectivity index (χ4v) is 2.64. The second-order valence-corrected chi connectivity index (χ2v) is 6.07. The molecule has 1 aliphatic carbocycles. The molecule has 1 unspecified atom stereocenters. The zero-order valence-corrected chi connectivity index (χ0v) is 13.6. The van der Waals surface area contributed by atoms with Gasteiger partial charge < -0.3 is 20.1 Å². The Hall–Kier alpha value is -2.24. The van der Waals surface area contributed by atoms with E-state index in [0.717, 1.165) is 12.8 Å². The number of hydrogen-bond donors (Lipinski definition) is 2. The highest BCUT2D eigenvalue weighted by molar-refractivity contribution is 5.91. The zero-order valence-electron chi connectivity index (χ0n) is 13.6. The normalized spacial score (nSPS) is 15.9. The minimum absolute atomic E-state index is 0.146. The minimum Gasteiger partial charge on any atom is -0.488 e. The molecule has 6 heteroatoms. The van der Waals surface area contributed by atoms with Gasteiger partial charge in [-0.3, -0.25) is 4.79 Å². The van der Waals surface area contributed by atoms with Gasteiger partial charge in [0.15, 0.2) is 0 Å². The summed E-state index contributed by atoms with van der Waals surface area (Å²) in [6.45, 7) is 1.72. The SMILES string of the molecule is CC(CN(C)C(=O)Nc1ccccc1OC1CCCC1)C(=O)O. The maximum atomic E-state index is 12.2. The third-order valence-electron chi connectivity index (χ3n) is 4.04. The molecule has 0 spiro atoms. The Morgan fingerprint density at radius 1 is 1.35 bits per heavy atom. The number of carbonyl (C=O) groups excluding carboxylic acids is 1. The molecule has 1 aromatic carbocycles. The van der Waals surface area contributed by atoms with Crippen LogP contribution < -0.4 is 10.1 Å². The Morgan fingerprint density at radius 3 is 2.65 bits per heavy atom. The third-order valence-corrected chi connectivity index (χ3v) is 4.04. The van der Waals surface area contributed by atoms with Gasteiger partial charge in [-0.1, -0.05) is 19.1 Å². The number of hydrogen-bond acceptors (Lipinski definition) is 3. The van der Waals surface area contributed by atoms with Crippen LogP contribution in [0.3, 0.4) is 0 Å². The summed E-state index contributed by atoms with van der Waals surface area (Å²) in [5.74, 6) is -0.877. The summed E-state index contributed by atoms with van der Waals surface area (Å²) >= 11 is 0. The summed E-state index contributed by atoms with van der Waals surface area (Å²) in [5.41, 5.74) is 0.610. The van der Waals surface area contributed by atoms with Crippen LogP contribution in [0.2, 0.25) is 0 Å². The van der Waals surface area contributed by atoms with Gasteiger partial charge in [-0.15, -0.1) is 0 Å². The number of urea groups is 1. The Bertz CT molecular complexity index is 555. The van der Waals surface area contributed by atoms with Crippen LogP contribution in [-0.2, 0) is 4.79 Å². The number of nitrogens with zero attached hydrogens (tertiary/aromatic N) is 1. The Morgan fingerprint density at radius 2 is 2.00 bits per heavy atom. The number of benzene rings is 1. The Labute approximate surface area is 136 Å². The number of amides is 2. The van der Waals surface area contributed by atoms with E-state index in [1.54, 1.807) is 20.0 Å². The van der Waals surface area contributed by atoms with Crippen LogP contribution in [0.25, 0.3) is 0 Å². The van der Waals surface area contributed by atoms with Gasteiger partial charge in [-0.2, -0.15) is 0 Å². The molecule has 0 aromatic heterocycles. The molecule has 1 aliphatic rings. The molecule has 2 rings (SSSR count). The van der Waals surface area contributed by atoms with Crippen molar-refractivity contribution in [2.75, 3.05) is 18.9 Å². The van der Waals surface area contributed by atoms with Gasteiger partial charge in [-0.25, -0.2) is 4.79 Å². The van der Waals surface area contributed by atoms with Crippen LogP contribution in [0.15, 0.2) is 24.3 Å². The highest BCUT2D eigenvalue weighted by atomic mass is 16.5. The lowest BCUT2D eigenvalue weighted by Gasteiger charge is -2.22. The third kappa shape index (κ3) is 4.87. The second kappa shape index (κ2) is 7.85. The molecule has 0 bridgehead atoms. The predicted molar refractivity (Wildman–Crippen MR) is 87.8 cm³/mol. The highest BCUT2D eigenvalue weighted by Gasteiger charge is 2.20. The zero-order chi connectivity index (χ0) is 16.8. The minimum atomic E-state index is -0.922. The number of aliphatic carboxylic acids is 1. The molecule has 0 aliphatic heterocycles. The molecule has 2 amide bonds. The van der Waals surface area contributed by atoms with E-state index in [4.69, 9.17) is 9.84 Å². The summed E-state index contributed by atoms with van der Waals surface area (Å²) < 4.78 is 5.98. The van der Waals surface area contributed by atoms with Gasteiger partial charge in [0.05, 0.1) is 17.7 Å². The van der Waals surface area contributed by atoms with E-state index in [9.17, 15) is 9.59 Å². The smallest absolute Gasteiger partial charge is 0.321 e. The Kier molecular flexibility index (Phi) is 5.84. The molecule has 1 saturated carbocycles. The van der Waals surface area contributed by atoms with Crippen molar-refractivity contribution in [3.8, 4) is 5.75 Å². The molecule has 1 fully saturated rings. The lowest BCUT2D eigenvalue weighted by atomic mass is 10.2. The van der Waals surface area contributed by atoms with Crippen LogP contribution in [0.5, 0.6) is 5.75 Å². The molecule has 1 atom stereocenters. The summed E-state index contributed by atoms with van der Waals surface area (Å²) in [4.78, 5) is 24.5. The van der Waals surface area contributed by atoms with Crippen molar-refractivity contribution in [2.24, 2.45) is 5.92 Å². The van der Waals surface area contributed by atoms with Crippen LogP contribution in [0.4, 0.5) is 10.5 Å². The lowest BCUT2D eigenvalue weighted by Crippen LogP contribution is -2.36. The molecule has 1 aromatic rings. The topological polar surface area (TPSA) is 78.9 Å². The summed E-state index contributed by atoms with van der Waals surface area (Å²) in [7, 11) is 1.58. The average molecular weight is 320 g/mol. The number of rotatable bonds is 6. The second-order valence-electron chi connectivity index (χ2n) is 6.07. The fraction of sp³-hybridized carbons (Fsp3) is 0.529. The molecule has 0 radical (unpaired) electrons. The number of carboxylic acids is 1. The van der Waals surface area contributed by atoms with Gasteiger partial charge >= 0.3 is 12.0 Å². The van der Waals surface area contributed by atoms with Gasteiger partial charge in [0, 0.05) is 13.6 Å². The van der Waals surface area contributed by atoms with Gasteiger partial charge in [0.2, 0.25) is 0 Å². The first-order valence-electron chi connectivity index (χ1n) is 7.98. The largest absolute Gasteiger partial charge is 0.488 e. The first kappa shape index (κ1) is 17.1. The summed E-state index contributed by atoms with van der Waals surface area (Å²) in [6.07, 6.45) is 4.64. The number of ether oxygens (including phenoxy) is 1. The molecule has 126 valence electrons. The fourth-order valence-electron chi connectivity index (χ4n) is 2.64. The van der Waals surface area contributed by atoms with Crippen molar-refractivity contribution < 1.29 is 19.4 Å². The lowest BCUT2D eigenvalue weighted by molar-refractivity contribution is -0.141. The van der Waals surface area contributed by atoms with E-state index in [2.05, 4.69) is 5.32 Å². The van der Waals surface area contributed by atoms with E-state index < -0.39 is 11.9 Å². The quantitative estimate of drug-likeness (QED) is 0.843. The van der Waals surface area contributed by atoms with Crippen LogP contribution >= 0.6 is 0 Å². The van der Waals surface area contributed by atoms with Crippen LogP contribution in [0.1, 0.15) is 32.6 Å². The molecular formula is C17H24N2O4. The molecular weight excluding hydrogens is 296 g/mol. The van der Waals surface area contributed by atoms with Crippen LogP contribution in [0, 0.1) is 5.92 Å². The van der Waals surface area contributed by atoms with E-state index in [1.807, 2.05) is 18.2 Å². The first-order valence-corrected chi connectivity index (χ1v) is 7.98. The van der Waals surface area contributed by atoms with Crippen molar-refractivity contribution >= 4 is 17.7 Å². The molecule has 0 saturated heterocycles. The Balaban J connectivity index is 1.98. The summed E-state index contributed by atoms with van der Waals surface area (Å²) in [6, 6.07) is 6.98. The maximum Gasteiger partial charge on any atom is 0.321 e. The number of carbonyl (C=O) groups is 2. The van der Waals surface area contributed by atoms with E-state index in [-0.39, 0.29) is 18.7 Å². The van der Waals surface area contributed by atoms with E-state index in [0.29, 0.717) is 11.4 Å². The number of para-hydroxylation sites is 2. The highest BCUT2D eigenvalue weighted by Crippen LogP contribution is 2.29. The van der Waals surface area contributed by atoms with Crippen LogP contribution in [-0.4, -0.2) is 41.7 Å². The van der Waals surface area contributed by atoms with E-state index in [1.165, 1.54) is 17.7 Å². The molecule has 23 heavy (non-hydrogen) atoms. The van der Waals surface area contributed by atoms with Crippen molar-refractivity contribution in [1.82, 2.24) is 4.90 Å². The summed E-state index contributed by atoms with van der Waals surface area (Å²) in [5, 5.41) is 11.7. The first-order chi connectivity index (χ1) is 11.0. The molecule has 0 heterocycles. The van der Waals surface area contributed by atoms with Crippen molar-refractivity contribution in [3.63, 3.8) is 0 Å².